The van der Waals surface area contributed by atoms with Crippen molar-refractivity contribution in [3.05, 3.63) is 123 Å². The highest BCUT2D eigenvalue weighted by Crippen LogP contribution is 2.46. The lowest BCUT2D eigenvalue weighted by Gasteiger charge is -2.18. The molecule has 1 fully saturated rings. The molecule has 1 aliphatic carbocycles. The summed E-state index contributed by atoms with van der Waals surface area (Å²) in [7, 11) is 1.47. The molecule has 4 aromatic carbocycles. The minimum atomic E-state index is -0.519. The molecular formula is C33H26FN3O5. The molecule has 1 heterocycles. The molecule has 1 aliphatic rings. The quantitative estimate of drug-likeness (QED) is 0.165. The van der Waals surface area contributed by atoms with E-state index >= 15 is 0 Å². The zero-order valence-electron chi connectivity index (χ0n) is 22.9. The molecule has 210 valence electrons. The molecule has 42 heavy (non-hydrogen) atoms. The largest absolute Gasteiger partial charge is 0.455 e. The number of fused-ring (bicyclic) bond motifs is 1. The Morgan fingerprint density at radius 3 is 2.29 bits per heavy atom. The topological polar surface area (TPSA) is 114 Å². The Labute approximate surface area is 240 Å². The zero-order valence-corrected chi connectivity index (χ0v) is 22.9. The maximum atomic E-state index is 13.6. The van der Waals surface area contributed by atoms with Gasteiger partial charge in [0.15, 0.2) is 0 Å². The normalized spacial score (nSPS) is 13.5. The first-order chi connectivity index (χ1) is 20.2. The van der Waals surface area contributed by atoms with Gasteiger partial charge in [0.2, 0.25) is 0 Å². The fraction of sp³-hybridized carbons (Fsp3) is 0.152. The lowest BCUT2D eigenvalue weighted by Crippen LogP contribution is -2.34. The summed E-state index contributed by atoms with van der Waals surface area (Å²) in [6.45, 7) is 1.80. The number of benzene rings is 4. The predicted molar refractivity (Wildman–Crippen MR) is 157 cm³/mol. The van der Waals surface area contributed by atoms with E-state index in [-0.39, 0.29) is 34.1 Å². The summed E-state index contributed by atoms with van der Waals surface area (Å²) in [5.41, 5.74) is 2.89. The standard InChI is InChI=1S/C33H26FN3O5/c1-19-8-9-21(31(38)36-33(14-15-33)22-6-4-3-5-7-22)16-24(19)25-17-26-28(18-27(25)37(40)41)42-30(29(26)32(39)35-2)20-10-12-23(34)13-11-20/h3-13,16-18H,14-15H2,1-2H3,(H,35,39)(H,36,38). The summed E-state index contributed by atoms with van der Waals surface area (Å²) < 4.78 is 19.6. The SMILES string of the molecule is CNC(=O)c1c(-c2ccc(F)cc2)oc2cc([N+](=O)[O-])c(-c3cc(C(=O)NC4(c5ccccc5)CC4)ccc3C)cc12. The van der Waals surface area contributed by atoms with Gasteiger partial charge in [0, 0.05) is 23.6 Å². The maximum Gasteiger partial charge on any atom is 0.280 e. The van der Waals surface area contributed by atoms with Crippen LogP contribution in [0.3, 0.4) is 0 Å². The molecule has 6 rings (SSSR count). The summed E-state index contributed by atoms with van der Waals surface area (Å²) in [5, 5.41) is 18.4. The monoisotopic (exact) mass is 563 g/mol. The molecular weight excluding hydrogens is 537 g/mol. The minimum absolute atomic E-state index is 0.133. The molecule has 0 spiro atoms. The second kappa shape index (κ2) is 10.3. The van der Waals surface area contributed by atoms with Crippen molar-refractivity contribution in [2.75, 3.05) is 7.05 Å². The Morgan fingerprint density at radius 1 is 0.929 bits per heavy atom. The number of aryl methyl sites for hydroxylation is 1. The minimum Gasteiger partial charge on any atom is -0.455 e. The average molecular weight is 564 g/mol. The Kier molecular flexibility index (Phi) is 6.57. The van der Waals surface area contributed by atoms with E-state index in [0.29, 0.717) is 27.6 Å². The Hall–Kier alpha value is -5.31. The molecule has 0 saturated heterocycles. The lowest BCUT2D eigenvalue weighted by atomic mass is 9.94. The Balaban J connectivity index is 1.47. The van der Waals surface area contributed by atoms with E-state index in [1.165, 1.54) is 37.4 Å². The van der Waals surface area contributed by atoms with Crippen LogP contribution in [0.4, 0.5) is 10.1 Å². The number of hydrogen-bond acceptors (Lipinski definition) is 5. The highest BCUT2D eigenvalue weighted by Gasteiger charge is 2.45. The van der Waals surface area contributed by atoms with E-state index in [1.807, 2.05) is 30.3 Å². The molecule has 2 amide bonds. The third-order valence-corrected chi connectivity index (χ3v) is 7.78. The fourth-order valence-electron chi connectivity index (χ4n) is 5.36. The van der Waals surface area contributed by atoms with Crippen LogP contribution in [0.25, 0.3) is 33.4 Å². The highest BCUT2D eigenvalue weighted by molar-refractivity contribution is 6.12. The van der Waals surface area contributed by atoms with Crippen LogP contribution in [0.2, 0.25) is 0 Å². The van der Waals surface area contributed by atoms with Crippen LogP contribution in [-0.2, 0) is 5.54 Å². The number of nitrogens with zero attached hydrogens (tertiary/aromatic N) is 1. The van der Waals surface area contributed by atoms with Crippen molar-refractivity contribution in [1.29, 1.82) is 0 Å². The van der Waals surface area contributed by atoms with Crippen molar-refractivity contribution in [3.8, 4) is 22.5 Å². The first kappa shape index (κ1) is 26.9. The number of nitrogens with one attached hydrogen (secondary N) is 2. The molecule has 5 aromatic rings. The van der Waals surface area contributed by atoms with Gasteiger partial charge in [0.25, 0.3) is 17.5 Å². The van der Waals surface area contributed by atoms with Gasteiger partial charge in [-0.15, -0.1) is 0 Å². The molecule has 0 unspecified atom stereocenters. The Morgan fingerprint density at radius 2 is 1.64 bits per heavy atom. The third kappa shape index (κ3) is 4.68. The summed E-state index contributed by atoms with van der Waals surface area (Å²) in [4.78, 5) is 38.2. The van der Waals surface area contributed by atoms with Crippen molar-refractivity contribution < 1.29 is 23.3 Å². The molecule has 9 heteroatoms. The van der Waals surface area contributed by atoms with Gasteiger partial charge in [0.1, 0.15) is 17.2 Å². The number of halogens is 1. The number of hydrogen-bond donors (Lipinski definition) is 2. The van der Waals surface area contributed by atoms with Crippen molar-refractivity contribution in [2.45, 2.75) is 25.3 Å². The molecule has 1 aromatic heterocycles. The molecule has 0 bridgehead atoms. The maximum absolute atomic E-state index is 13.6. The van der Waals surface area contributed by atoms with Crippen LogP contribution < -0.4 is 10.6 Å². The number of carbonyl (C=O) groups is 2. The number of furan rings is 1. The first-order valence-electron chi connectivity index (χ1n) is 13.4. The third-order valence-electron chi connectivity index (χ3n) is 7.78. The van der Waals surface area contributed by atoms with Crippen LogP contribution in [0, 0.1) is 22.9 Å². The molecule has 8 nitrogen and oxygen atoms in total. The van der Waals surface area contributed by atoms with Gasteiger partial charge < -0.3 is 15.1 Å². The summed E-state index contributed by atoms with van der Waals surface area (Å²) in [6.07, 6.45) is 1.64. The first-order valence-corrected chi connectivity index (χ1v) is 13.4. The second-order valence-corrected chi connectivity index (χ2v) is 10.4. The van der Waals surface area contributed by atoms with E-state index < -0.39 is 22.2 Å². The molecule has 0 radical (unpaired) electrons. The summed E-state index contributed by atoms with van der Waals surface area (Å²) in [5.74, 6) is -1.04. The van der Waals surface area contributed by atoms with Gasteiger partial charge in [0.05, 0.1) is 27.7 Å². The van der Waals surface area contributed by atoms with E-state index in [4.69, 9.17) is 4.42 Å². The predicted octanol–water partition coefficient (Wildman–Crippen LogP) is 6.90. The number of carbonyl (C=O) groups excluding carboxylic acids is 2. The van der Waals surface area contributed by atoms with Gasteiger partial charge in [-0.2, -0.15) is 0 Å². The smallest absolute Gasteiger partial charge is 0.280 e. The zero-order chi connectivity index (χ0) is 29.6. The van der Waals surface area contributed by atoms with Crippen LogP contribution in [0.5, 0.6) is 0 Å². The second-order valence-electron chi connectivity index (χ2n) is 10.4. The van der Waals surface area contributed by atoms with Gasteiger partial charge in [-0.25, -0.2) is 4.39 Å². The number of nitro benzene ring substituents is 1. The van der Waals surface area contributed by atoms with Crippen LogP contribution in [-0.4, -0.2) is 23.8 Å². The number of rotatable bonds is 7. The molecule has 2 N–H and O–H groups in total. The van der Waals surface area contributed by atoms with Gasteiger partial charge in [-0.1, -0.05) is 36.4 Å². The van der Waals surface area contributed by atoms with Crippen molar-refractivity contribution in [2.24, 2.45) is 0 Å². The van der Waals surface area contributed by atoms with Crippen LogP contribution in [0.15, 0.2) is 89.3 Å². The van der Waals surface area contributed by atoms with E-state index in [1.54, 1.807) is 31.2 Å². The van der Waals surface area contributed by atoms with Crippen molar-refractivity contribution in [1.82, 2.24) is 10.6 Å². The van der Waals surface area contributed by atoms with Gasteiger partial charge >= 0.3 is 0 Å². The van der Waals surface area contributed by atoms with Crippen LogP contribution >= 0.6 is 0 Å². The fourth-order valence-corrected chi connectivity index (χ4v) is 5.36. The van der Waals surface area contributed by atoms with Gasteiger partial charge in [-0.3, -0.25) is 19.7 Å². The lowest BCUT2D eigenvalue weighted by molar-refractivity contribution is -0.384. The summed E-state index contributed by atoms with van der Waals surface area (Å²) in [6, 6.07) is 23.1. The van der Waals surface area contributed by atoms with Crippen molar-refractivity contribution in [3.63, 3.8) is 0 Å². The van der Waals surface area contributed by atoms with E-state index in [9.17, 15) is 24.1 Å². The van der Waals surface area contributed by atoms with E-state index in [0.717, 1.165) is 18.4 Å². The molecule has 1 saturated carbocycles. The van der Waals surface area contributed by atoms with Crippen molar-refractivity contribution >= 4 is 28.5 Å². The highest BCUT2D eigenvalue weighted by atomic mass is 19.1. The molecule has 0 aliphatic heterocycles. The van der Waals surface area contributed by atoms with E-state index in [2.05, 4.69) is 10.6 Å². The van der Waals surface area contributed by atoms with Gasteiger partial charge in [-0.05, 0) is 78.9 Å². The summed E-state index contributed by atoms with van der Waals surface area (Å²) >= 11 is 0. The number of nitro groups is 1. The number of amides is 2. The average Bonchev–Trinajstić information content (AvgIpc) is 3.68. The Bertz CT molecular complexity index is 1880. The van der Waals surface area contributed by atoms with Crippen LogP contribution in [0.1, 0.15) is 44.7 Å². The molecule has 0 atom stereocenters.